The molecule has 1 aromatic carbocycles. The molecule has 108 valence electrons. The first kappa shape index (κ1) is 14.6. The third-order valence-electron chi connectivity index (χ3n) is 3.11. The molecule has 1 N–H and O–H groups in total. The Morgan fingerprint density at radius 3 is 2.75 bits per heavy atom. The van der Waals surface area contributed by atoms with Crippen molar-refractivity contribution in [2.24, 2.45) is 0 Å². The minimum atomic E-state index is -4.40. The summed E-state index contributed by atoms with van der Waals surface area (Å²) in [6.45, 7) is 0.735. The first-order chi connectivity index (χ1) is 9.36. The van der Waals surface area contributed by atoms with Crippen molar-refractivity contribution >= 4 is 12.0 Å². The lowest BCUT2D eigenvalue weighted by atomic mass is 10.1. The summed E-state index contributed by atoms with van der Waals surface area (Å²) in [5.41, 5.74) is -0.434. The second kappa shape index (κ2) is 5.66. The molecule has 3 nitrogen and oxygen atoms in total. The Balaban J connectivity index is 2.06. The quantitative estimate of drug-likeness (QED) is 0.847. The lowest BCUT2D eigenvalue weighted by Crippen LogP contribution is -2.27. The second-order valence-corrected chi connectivity index (χ2v) is 4.68. The standard InChI is InChI=1S/C14H14F3NO2/c15-14(16,17)11-3-1-2-10(8-11)4-5-13(20)18-7-6-12(19)9-18/h1-5,8,12,19H,6-7,9H2/b5-4+/t12-/m1/s1. The number of β-amino-alcohol motifs (C(OH)–C–C–N with tert-alkyl or cyclic N) is 1. The monoisotopic (exact) mass is 285 g/mol. The summed E-state index contributed by atoms with van der Waals surface area (Å²) in [7, 11) is 0. The van der Waals surface area contributed by atoms with Crippen LogP contribution in [-0.4, -0.2) is 35.1 Å². The number of rotatable bonds is 2. The Hall–Kier alpha value is -1.82. The van der Waals surface area contributed by atoms with Gasteiger partial charge < -0.3 is 10.0 Å². The molecule has 0 bridgehead atoms. The largest absolute Gasteiger partial charge is 0.416 e. The van der Waals surface area contributed by atoms with Crippen LogP contribution in [0.25, 0.3) is 6.08 Å². The number of hydrogen-bond acceptors (Lipinski definition) is 2. The van der Waals surface area contributed by atoms with Crippen LogP contribution in [0.2, 0.25) is 0 Å². The van der Waals surface area contributed by atoms with E-state index < -0.39 is 17.8 Å². The van der Waals surface area contributed by atoms with E-state index in [-0.39, 0.29) is 12.5 Å². The summed E-state index contributed by atoms with van der Waals surface area (Å²) >= 11 is 0. The van der Waals surface area contributed by atoms with E-state index in [1.165, 1.54) is 29.2 Å². The Morgan fingerprint density at radius 2 is 2.15 bits per heavy atom. The van der Waals surface area contributed by atoms with E-state index >= 15 is 0 Å². The van der Waals surface area contributed by atoms with E-state index in [2.05, 4.69) is 0 Å². The highest BCUT2D eigenvalue weighted by atomic mass is 19.4. The molecule has 0 spiro atoms. The van der Waals surface area contributed by atoms with Crippen molar-refractivity contribution < 1.29 is 23.1 Å². The van der Waals surface area contributed by atoms with Gasteiger partial charge >= 0.3 is 6.18 Å². The van der Waals surface area contributed by atoms with Gasteiger partial charge in [-0.2, -0.15) is 13.2 Å². The maximum Gasteiger partial charge on any atom is 0.416 e. The van der Waals surface area contributed by atoms with Gasteiger partial charge in [-0.05, 0) is 30.2 Å². The van der Waals surface area contributed by atoms with Crippen LogP contribution in [-0.2, 0) is 11.0 Å². The molecular formula is C14H14F3NO2. The van der Waals surface area contributed by atoms with Crippen LogP contribution < -0.4 is 0 Å². The topological polar surface area (TPSA) is 40.5 Å². The van der Waals surface area contributed by atoms with Crippen molar-refractivity contribution in [3.8, 4) is 0 Å². The summed E-state index contributed by atoms with van der Waals surface area (Å²) in [5.74, 6) is -0.307. The van der Waals surface area contributed by atoms with E-state index in [0.29, 0.717) is 18.5 Å². The lowest BCUT2D eigenvalue weighted by Gasteiger charge is -2.12. The van der Waals surface area contributed by atoms with Crippen molar-refractivity contribution in [3.63, 3.8) is 0 Å². The third kappa shape index (κ3) is 3.60. The molecule has 20 heavy (non-hydrogen) atoms. The van der Waals surface area contributed by atoms with Crippen LogP contribution in [0.3, 0.4) is 0 Å². The number of alkyl halides is 3. The molecule has 0 aromatic heterocycles. The number of likely N-dealkylation sites (tertiary alicyclic amines) is 1. The highest BCUT2D eigenvalue weighted by molar-refractivity contribution is 5.92. The molecule has 1 atom stereocenters. The molecule has 0 aliphatic carbocycles. The van der Waals surface area contributed by atoms with E-state index in [9.17, 15) is 23.1 Å². The van der Waals surface area contributed by atoms with E-state index in [1.54, 1.807) is 0 Å². The van der Waals surface area contributed by atoms with Crippen LogP contribution in [0.15, 0.2) is 30.3 Å². The highest BCUT2D eigenvalue weighted by Gasteiger charge is 2.30. The number of aliphatic hydroxyl groups excluding tert-OH is 1. The fourth-order valence-electron chi connectivity index (χ4n) is 2.03. The Bertz CT molecular complexity index is 525. The number of hydrogen-bond donors (Lipinski definition) is 1. The number of nitrogens with zero attached hydrogens (tertiary/aromatic N) is 1. The SMILES string of the molecule is O=C(/C=C/c1cccc(C(F)(F)F)c1)N1CC[C@@H](O)C1. The lowest BCUT2D eigenvalue weighted by molar-refractivity contribution is -0.137. The van der Waals surface area contributed by atoms with Gasteiger partial charge in [0.15, 0.2) is 0 Å². The van der Waals surface area contributed by atoms with Crippen LogP contribution in [0.5, 0.6) is 0 Å². The zero-order valence-electron chi connectivity index (χ0n) is 10.6. The molecule has 1 aromatic rings. The van der Waals surface area contributed by atoms with Crippen LogP contribution in [0, 0.1) is 0 Å². The molecular weight excluding hydrogens is 271 g/mol. The fraction of sp³-hybridized carbons (Fsp3) is 0.357. The summed E-state index contributed by atoms with van der Waals surface area (Å²) in [4.78, 5) is 13.2. The highest BCUT2D eigenvalue weighted by Crippen LogP contribution is 2.29. The summed E-state index contributed by atoms with van der Waals surface area (Å²) < 4.78 is 37.6. The predicted molar refractivity (Wildman–Crippen MR) is 67.7 cm³/mol. The zero-order valence-corrected chi connectivity index (χ0v) is 10.6. The van der Waals surface area contributed by atoms with E-state index in [4.69, 9.17) is 0 Å². The van der Waals surface area contributed by atoms with Crippen molar-refractivity contribution in [2.45, 2.75) is 18.7 Å². The molecule has 0 radical (unpaired) electrons. The van der Waals surface area contributed by atoms with Gasteiger partial charge in [0.05, 0.1) is 11.7 Å². The van der Waals surface area contributed by atoms with Gasteiger partial charge in [-0.25, -0.2) is 0 Å². The number of amides is 1. The second-order valence-electron chi connectivity index (χ2n) is 4.68. The summed E-state index contributed by atoms with van der Waals surface area (Å²) in [6.07, 6.45) is -1.80. The molecule has 2 rings (SSSR count). The number of carbonyl (C=O) groups is 1. The van der Waals surface area contributed by atoms with Crippen molar-refractivity contribution in [1.29, 1.82) is 0 Å². The minimum Gasteiger partial charge on any atom is -0.391 e. The predicted octanol–water partition coefficient (Wildman–Crippen LogP) is 2.31. The molecule has 1 aliphatic rings. The van der Waals surface area contributed by atoms with Gasteiger partial charge in [-0.3, -0.25) is 4.79 Å². The molecule has 0 unspecified atom stereocenters. The van der Waals surface area contributed by atoms with Gasteiger partial charge in [0.2, 0.25) is 5.91 Å². The van der Waals surface area contributed by atoms with Gasteiger partial charge in [0.1, 0.15) is 0 Å². The smallest absolute Gasteiger partial charge is 0.391 e. The molecule has 1 heterocycles. The Morgan fingerprint density at radius 1 is 1.40 bits per heavy atom. The Labute approximate surface area is 114 Å². The van der Waals surface area contributed by atoms with Gasteiger partial charge in [-0.15, -0.1) is 0 Å². The van der Waals surface area contributed by atoms with Crippen LogP contribution >= 0.6 is 0 Å². The van der Waals surface area contributed by atoms with Gasteiger partial charge in [0.25, 0.3) is 0 Å². The number of halogens is 3. The average Bonchev–Trinajstić information content (AvgIpc) is 2.82. The maximum absolute atomic E-state index is 12.5. The van der Waals surface area contributed by atoms with Crippen LogP contribution in [0.1, 0.15) is 17.5 Å². The molecule has 1 fully saturated rings. The van der Waals surface area contributed by atoms with Gasteiger partial charge in [-0.1, -0.05) is 12.1 Å². The van der Waals surface area contributed by atoms with Crippen LogP contribution in [0.4, 0.5) is 13.2 Å². The Kier molecular flexibility index (Phi) is 4.13. The molecule has 1 amide bonds. The summed E-state index contributed by atoms with van der Waals surface area (Å²) in [6, 6.07) is 4.77. The number of benzene rings is 1. The fourth-order valence-corrected chi connectivity index (χ4v) is 2.03. The molecule has 1 aliphatic heterocycles. The molecule has 1 saturated heterocycles. The van der Waals surface area contributed by atoms with Crippen molar-refractivity contribution in [2.75, 3.05) is 13.1 Å². The number of aliphatic hydroxyl groups is 1. The normalized spacial score (nSPS) is 19.8. The maximum atomic E-state index is 12.5. The molecule has 0 saturated carbocycles. The first-order valence-corrected chi connectivity index (χ1v) is 6.18. The van der Waals surface area contributed by atoms with Gasteiger partial charge in [0, 0.05) is 19.2 Å². The number of carbonyl (C=O) groups excluding carboxylic acids is 1. The van der Waals surface area contributed by atoms with E-state index in [1.807, 2.05) is 0 Å². The molecule has 6 heteroatoms. The zero-order chi connectivity index (χ0) is 14.8. The van der Waals surface area contributed by atoms with E-state index in [0.717, 1.165) is 12.1 Å². The van der Waals surface area contributed by atoms with Crippen molar-refractivity contribution in [3.05, 3.63) is 41.5 Å². The third-order valence-corrected chi connectivity index (χ3v) is 3.11. The first-order valence-electron chi connectivity index (χ1n) is 6.18. The minimum absolute atomic E-state index is 0.270. The average molecular weight is 285 g/mol. The van der Waals surface area contributed by atoms with Crippen molar-refractivity contribution in [1.82, 2.24) is 4.90 Å². The summed E-state index contributed by atoms with van der Waals surface area (Å²) in [5, 5.41) is 9.32.